The molecule has 2 atom stereocenters. The molecule has 2 rings (SSSR count). The second-order valence-electron chi connectivity index (χ2n) is 3.40. The lowest BCUT2D eigenvalue weighted by Crippen LogP contribution is -2.28. The molecule has 5 heteroatoms. The van der Waals surface area contributed by atoms with Crippen molar-refractivity contribution >= 4 is 0 Å². The van der Waals surface area contributed by atoms with Gasteiger partial charge in [0.2, 0.25) is 0 Å². The largest absolute Gasteiger partial charge is 0.318 e. The average molecular weight is 184 g/mol. The van der Waals surface area contributed by atoms with Crippen molar-refractivity contribution in [1.82, 2.24) is 20.1 Å². The maximum atomic E-state index is 13.7. The summed E-state index contributed by atoms with van der Waals surface area (Å²) in [6.45, 7) is 0.906. The predicted octanol–water partition coefficient (Wildman–Crippen LogP) is 0.578. The van der Waals surface area contributed by atoms with E-state index in [1.54, 1.807) is 11.6 Å². The van der Waals surface area contributed by atoms with E-state index in [4.69, 9.17) is 0 Å². The zero-order valence-electron chi connectivity index (χ0n) is 7.57. The molecule has 0 saturated carbocycles. The molecular weight excluding hydrogens is 171 g/mol. The highest BCUT2D eigenvalue weighted by Gasteiger charge is 2.28. The minimum absolute atomic E-state index is 0.0806. The molecule has 0 spiro atoms. The Kier molecular flexibility index (Phi) is 2.26. The number of nitrogens with one attached hydrogen (secondary N) is 1. The van der Waals surface area contributed by atoms with Crippen LogP contribution in [0.5, 0.6) is 0 Å². The predicted molar refractivity (Wildman–Crippen MR) is 45.9 cm³/mol. The van der Waals surface area contributed by atoms with Crippen LogP contribution in [0.2, 0.25) is 0 Å². The molecule has 1 aromatic heterocycles. The molecule has 1 saturated heterocycles. The average Bonchev–Trinajstić information content (AvgIpc) is 2.72. The van der Waals surface area contributed by atoms with Crippen LogP contribution in [0.15, 0.2) is 6.33 Å². The Bertz CT molecular complexity index is 279. The Balaban J connectivity index is 2.12. The normalized spacial score (nSPS) is 24.9. The van der Waals surface area contributed by atoms with Crippen molar-refractivity contribution in [3.8, 4) is 0 Å². The van der Waals surface area contributed by atoms with E-state index in [0.29, 0.717) is 5.82 Å². The Hall–Kier alpha value is -0.970. The third-order valence-corrected chi connectivity index (χ3v) is 2.44. The molecule has 13 heavy (non-hydrogen) atoms. The lowest BCUT2D eigenvalue weighted by molar-refractivity contribution is 0.252. The molecule has 0 amide bonds. The standard InChI is InChI=1S/C8H13FN4/c1-13-5-11-12-8(13)7(9)6-3-2-4-10-6/h5-7,10H,2-4H2,1H3. The first-order valence-corrected chi connectivity index (χ1v) is 4.50. The lowest BCUT2D eigenvalue weighted by atomic mass is 10.1. The summed E-state index contributed by atoms with van der Waals surface area (Å²) < 4.78 is 15.4. The summed E-state index contributed by atoms with van der Waals surface area (Å²) in [5, 5.41) is 10.5. The number of nitrogens with zero attached hydrogens (tertiary/aromatic N) is 3. The van der Waals surface area contributed by atoms with Gasteiger partial charge in [-0.2, -0.15) is 0 Å². The monoisotopic (exact) mass is 184 g/mol. The van der Waals surface area contributed by atoms with Crippen molar-refractivity contribution < 1.29 is 4.39 Å². The topological polar surface area (TPSA) is 42.7 Å². The van der Waals surface area contributed by atoms with Crippen molar-refractivity contribution in [3.05, 3.63) is 12.2 Å². The van der Waals surface area contributed by atoms with Crippen molar-refractivity contribution in [2.45, 2.75) is 25.1 Å². The van der Waals surface area contributed by atoms with Gasteiger partial charge in [0.05, 0.1) is 0 Å². The van der Waals surface area contributed by atoms with E-state index in [2.05, 4.69) is 15.5 Å². The van der Waals surface area contributed by atoms with Crippen LogP contribution in [0.3, 0.4) is 0 Å². The number of alkyl halides is 1. The Morgan fingerprint density at radius 2 is 2.62 bits per heavy atom. The summed E-state index contributed by atoms with van der Waals surface area (Å²) in [5.41, 5.74) is 0. The van der Waals surface area contributed by atoms with Gasteiger partial charge in [0.15, 0.2) is 12.0 Å². The number of rotatable bonds is 2. The fraction of sp³-hybridized carbons (Fsp3) is 0.750. The highest BCUT2D eigenvalue weighted by molar-refractivity contribution is 4.97. The number of hydrogen-bond donors (Lipinski definition) is 1. The fourth-order valence-corrected chi connectivity index (χ4v) is 1.68. The summed E-state index contributed by atoms with van der Waals surface area (Å²) in [7, 11) is 1.76. The highest BCUT2D eigenvalue weighted by atomic mass is 19.1. The van der Waals surface area contributed by atoms with Crippen LogP contribution < -0.4 is 5.32 Å². The molecule has 72 valence electrons. The second kappa shape index (κ2) is 3.41. The zero-order chi connectivity index (χ0) is 9.26. The SMILES string of the molecule is Cn1cnnc1C(F)C1CCCN1. The van der Waals surface area contributed by atoms with Gasteiger partial charge in [-0.25, -0.2) is 4.39 Å². The van der Waals surface area contributed by atoms with Gasteiger partial charge >= 0.3 is 0 Å². The second-order valence-corrected chi connectivity index (χ2v) is 3.40. The molecular formula is C8H13FN4. The number of aromatic nitrogens is 3. The van der Waals surface area contributed by atoms with Crippen LogP contribution in [0.4, 0.5) is 4.39 Å². The molecule has 0 aromatic carbocycles. The molecule has 0 radical (unpaired) electrons. The smallest absolute Gasteiger partial charge is 0.175 e. The summed E-state index contributed by atoms with van der Waals surface area (Å²) >= 11 is 0. The minimum atomic E-state index is -1.03. The summed E-state index contributed by atoms with van der Waals surface area (Å²) in [6.07, 6.45) is 2.42. The van der Waals surface area contributed by atoms with Crippen molar-refractivity contribution in [2.75, 3.05) is 6.54 Å². The van der Waals surface area contributed by atoms with Gasteiger partial charge in [-0.1, -0.05) is 0 Å². The molecule has 1 aliphatic rings. The molecule has 0 aliphatic carbocycles. The number of halogens is 1. The van der Waals surface area contributed by atoms with Crippen LogP contribution >= 0.6 is 0 Å². The fourth-order valence-electron chi connectivity index (χ4n) is 1.68. The number of aryl methyl sites for hydroxylation is 1. The first-order chi connectivity index (χ1) is 6.29. The quantitative estimate of drug-likeness (QED) is 0.731. The van der Waals surface area contributed by atoms with Crippen LogP contribution in [0.1, 0.15) is 24.8 Å². The third-order valence-electron chi connectivity index (χ3n) is 2.44. The molecule has 0 bridgehead atoms. The van der Waals surface area contributed by atoms with Crippen LogP contribution in [0.25, 0.3) is 0 Å². The first kappa shape index (κ1) is 8.62. The summed E-state index contributed by atoms with van der Waals surface area (Å²) in [6, 6.07) is -0.0806. The zero-order valence-corrected chi connectivity index (χ0v) is 7.57. The van der Waals surface area contributed by atoms with E-state index in [1.165, 1.54) is 6.33 Å². The molecule has 1 aliphatic heterocycles. The van der Waals surface area contributed by atoms with Gasteiger partial charge in [-0.15, -0.1) is 10.2 Å². The highest BCUT2D eigenvalue weighted by Crippen LogP contribution is 2.24. The molecule has 1 fully saturated rings. The van der Waals surface area contributed by atoms with Gasteiger partial charge in [-0.05, 0) is 19.4 Å². The Labute approximate surface area is 76.2 Å². The molecule has 2 heterocycles. The van der Waals surface area contributed by atoms with Gasteiger partial charge < -0.3 is 9.88 Å². The summed E-state index contributed by atoms with van der Waals surface area (Å²) in [5.74, 6) is 0.416. The molecule has 1 N–H and O–H groups in total. The molecule has 2 unspecified atom stereocenters. The number of hydrogen-bond acceptors (Lipinski definition) is 3. The van der Waals surface area contributed by atoms with Crippen molar-refractivity contribution in [3.63, 3.8) is 0 Å². The van der Waals surface area contributed by atoms with E-state index in [9.17, 15) is 4.39 Å². The third kappa shape index (κ3) is 1.56. The Morgan fingerprint density at radius 1 is 1.77 bits per heavy atom. The van der Waals surface area contributed by atoms with Crippen LogP contribution in [-0.2, 0) is 7.05 Å². The minimum Gasteiger partial charge on any atom is -0.318 e. The van der Waals surface area contributed by atoms with Crippen molar-refractivity contribution in [1.29, 1.82) is 0 Å². The van der Waals surface area contributed by atoms with E-state index >= 15 is 0 Å². The Morgan fingerprint density at radius 3 is 3.15 bits per heavy atom. The van der Waals surface area contributed by atoms with E-state index in [1.807, 2.05) is 0 Å². The maximum absolute atomic E-state index is 13.7. The van der Waals surface area contributed by atoms with Crippen LogP contribution in [0, 0.1) is 0 Å². The van der Waals surface area contributed by atoms with Gasteiger partial charge in [0, 0.05) is 13.1 Å². The van der Waals surface area contributed by atoms with Crippen LogP contribution in [-0.4, -0.2) is 27.4 Å². The van der Waals surface area contributed by atoms with E-state index in [0.717, 1.165) is 19.4 Å². The van der Waals surface area contributed by atoms with Gasteiger partial charge in [-0.3, -0.25) is 0 Å². The van der Waals surface area contributed by atoms with Crippen molar-refractivity contribution in [2.24, 2.45) is 7.05 Å². The first-order valence-electron chi connectivity index (χ1n) is 4.50. The van der Waals surface area contributed by atoms with Gasteiger partial charge in [0.1, 0.15) is 6.33 Å². The lowest BCUT2D eigenvalue weighted by Gasteiger charge is -2.14. The molecule has 1 aromatic rings. The maximum Gasteiger partial charge on any atom is 0.175 e. The van der Waals surface area contributed by atoms with E-state index < -0.39 is 6.17 Å². The van der Waals surface area contributed by atoms with Gasteiger partial charge in [0.25, 0.3) is 0 Å². The van der Waals surface area contributed by atoms with E-state index in [-0.39, 0.29) is 6.04 Å². The molecule has 4 nitrogen and oxygen atoms in total. The summed E-state index contributed by atoms with van der Waals surface area (Å²) in [4.78, 5) is 0.